The molecule has 2 N–H and O–H groups in total. The van der Waals surface area contributed by atoms with Crippen LogP contribution < -0.4 is 15.5 Å². The number of hydrogen-bond acceptors (Lipinski definition) is 2. The SMILES string of the molecule is CN=C(NCc1ccc(N2CCCC2=O)cc1)NCc1ccccc1Cl.I. The van der Waals surface area contributed by atoms with Gasteiger partial charge in [-0.1, -0.05) is 41.9 Å². The number of benzene rings is 2. The average molecular weight is 499 g/mol. The third-order valence-corrected chi connectivity index (χ3v) is 4.78. The molecule has 1 saturated heterocycles. The largest absolute Gasteiger partial charge is 0.352 e. The second-order valence-electron chi connectivity index (χ2n) is 6.19. The van der Waals surface area contributed by atoms with Crippen molar-refractivity contribution in [3.63, 3.8) is 0 Å². The predicted molar refractivity (Wildman–Crippen MR) is 122 cm³/mol. The van der Waals surface area contributed by atoms with Crippen molar-refractivity contribution in [1.29, 1.82) is 0 Å². The zero-order valence-electron chi connectivity index (χ0n) is 15.2. The number of rotatable bonds is 5. The van der Waals surface area contributed by atoms with Crippen LogP contribution in [0.1, 0.15) is 24.0 Å². The van der Waals surface area contributed by atoms with E-state index in [0.717, 1.165) is 34.8 Å². The van der Waals surface area contributed by atoms with E-state index in [1.807, 2.05) is 53.4 Å². The van der Waals surface area contributed by atoms with Crippen LogP contribution in [0.4, 0.5) is 5.69 Å². The number of anilines is 1. The van der Waals surface area contributed by atoms with E-state index < -0.39 is 0 Å². The van der Waals surface area contributed by atoms with Crippen LogP contribution in [0.25, 0.3) is 0 Å². The van der Waals surface area contributed by atoms with Crippen molar-refractivity contribution in [3.05, 3.63) is 64.7 Å². The minimum Gasteiger partial charge on any atom is -0.352 e. The first-order chi connectivity index (χ1) is 12.7. The average Bonchev–Trinajstić information content (AvgIpc) is 3.09. The molecule has 1 heterocycles. The van der Waals surface area contributed by atoms with E-state index in [1.165, 1.54) is 0 Å². The van der Waals surface area contributed by atoms with Gasteiger partial charge in [0.05, 0.1) is 0 Å². The van der Waals surface area contributed by atoms with Crippen LogP contribution in [0.2, 0.25) is 5.02 Å². The molecule has 144 valence electrons. The molecule has 1 amide bonds. The van der Waals surface area contributed by atoms with E-state index in [0.29, 0.717) is 25.5 Å². The van der Waals surface area contributed by atoms with Crippen molar-refractivity contribution in [1.82, 2.24) is 10.6 Å². The van der Waals surface area contributed by atoms with Crippen LogP contribution >= 0.6 is 35.6 Å². The molecule has 0 unspecified atom stereocenters. The fourth-order valence-electron chi connectivity index (χ4n) is 2.94. The highest BCUT2D eigenvalue weighted by molar-refractivity contribution is 14.0. The highest BCUT2D eigenvalue weighted by Gasteiger charge is 2.21. The summed E-state index contributed by atoms with van der Waals surface area (Å²) < 4.78 is 0. The standard InChI is InChI=1S/C20H23ClN4O.HI/c1-22-20(24-14-16-5-2-3-6-18(16)21)23-13-15-8-10-17(11-9-15)25-12-4-7-19(25)26;/h2-3,5-6,8-11H,4,7,12-14H2,1H3,(H2,22,23,24);1H. The van der Waals surface area contributed by atoms with Crippen LogP contribution in [0, 0.1) is 0 Å². The Morgan fingerprint density at radius 3 is 2.44 bits per heavy atom. The summed E-state index contributed by atoms with van der Waals surface area (Å²) in [5, 5.41) is 7.29. The van der Waals surface area contributed by atoms with Gasteiger partial charge in [0.1, 0.15) is 0 Å². The van der Waals surface area contributed by atoms with Gasteiger partial charge in [0, 0.05) is 43.8 Å². The van der Waals surface area contributed by atoms with Crippen LogP contribution in [-0.2, 0) is 17.9 Å². The first-order valence-electron chi connectivity index (χ1n) is 8.74. The van der Waals surface area contributed by atoms with Gasteiger partial charge in [0.2, 0.25) is 5.91 Å². The van der Waals surface area contributed by atoms with E-state index in [9.17, 15) is 4.79 Å². The molecule has 2 aromatic carbocycles. The molecule has 0 radical (unpaired) electrons. The molecule has 1 aliphatic heterocycles. The van der Waals surface area contributed by atoms with Crippen LogP contribution in [0.15, 0.2) is 53.5 Å². The number of amides is 1. The number of nitrogens with one attached hydrogen (secondary N) is 2. The molecule has 3 rings (SSSR count). The van der Waals surface area contributed by atoms with Gasteiger partial charge in [0.15, 0.2) is 5.96 Å². The molecular weight excluding hydrogens is 475 g/mol. The number of carbonyl (C=O) groups is 1. The second kappa shape index (κ2) is 10.5. The predicted octanol–water partition coefficient (Wildman–Crippen LogP) is 3.95. The van der Waals surface area contributed by atoms with Gasteiger partial charge in [-0.15, -0.1) is 24.0 Å². The Balaban J connectivity index is 0.00000261. The Morgan fingerprint density at radius 2 is 1.81 bits per heavy atom. The van der Waals surface area contributed by atoms with Crippen molar-refractivity contribution < 1.29 is 4.79 Å². The Morgan fingerprint density at radius 1 is 1.11 bits per heavy atom. The van der Waals surface area contributed by atoms with Gasteiger partial charge in [0.25, 0.3) is 0 Å². The molecule has 0 saturated carbocycles. The lowest BCUT2D eigenvalue weighted by molar-refractivity contribution is -0.117. The van der Waals surface area contributed by atoms with Gasteiger partial charge < -0.3 is 15.5 Å². The van der Waals surface area contributed by atoms with Crippen molar-refractivity contribution in [2.24, 2.45) is 4.99 Å². The molecule has 0 bridgehead atoms. The minimum absolute atomic E-state index is 0. The normalized spacial score (nSPS) is 14.1. The number of hydrogen-bond donors (Lipinski definition) is 2. The van der Waals surface area contributed by atoms with Gasteiger partial charge >= 0.3 is 0 Å². The Hall–Kier alpha value is -1.80. The summed E-state index contributed by atoms with van der Waals surface area (Å²) in [6, 6.07) is 15.8. The van der Waals surface area contributed by atoms with E-state index in [-0.39, 0.29) is 29.9 Å². The van der Waals surface area contributed by atoms with E-state index >= 15 is 0 Å². The van der Waals surface area contributed by atoms with Crippen LogP contribution in [0.5, 0.6) is 0 Å². The fourth-order valence-corrected chi connectivity index (χ4v) is 3.14. The lowest BCUT2D eigenvalue weighted by Gasteiger charge is -2.16. The second-order valence-corrected chi connectivity index (χ2v) is 6.59. The molecule has 5 nitrogen and oxygen atoms in total. The van der Waals surface area contributed by atoms with E-state index in [1.54, 1.807) is 7.05 Å². The highest BCUT2D eigenvalue weighted by atomic mass is 127. The fraction of sp³-hybridized carbons (Fsp3) is 0.300. The first kappa shape index (κ1) is 21.5. The Bertz CT molecular complexity index is 795. The lowest BCUT2D eigenvalue weighted by atomic mass is 10.2. The summed E-state index contributed by atoms with van der Waals surface area (Å²) >= 11 is 6.17. The molecule has 27 heavy (non-hydrogen) atoms. The number of nitrogens with zero attached hydrogens (tertiary/aromatic N) is 2. The zero-order valence-corrected chi connectivity index (χ0v) is 18.3. The van der Waals surface area contributed by atoms with Crippen LogP contribution in [-0.4, -0.2) is 25.5 Å². The molecule has 2 aromatic rings. The Kier molecular flexibility index (Phi) is 8.37. The molecular formula is C20H24ClIN4O. The van der Waals surface area contributed by atoms with Crippen molar-refractivity contribution >= 4 is 53.1 Å². The zero-order chi connectivity index (χ0) is 18.4. The summed E-state index contributed by atoms with van der Waals surface area (Å²) in [5.74, 6) is 0.920. The molecule has 0 spiro atoms. The quantitative estimate of drug-likeness (QED) is 0.373. The summed E-state index contributed by atoms with van der Waals surface area (Å²) in [6.07, 6.45) is 1.59. The van der Waals surface area contributed by atoms with Crippen molar-refractivity contribution in [2.75, 3.05) is 18.5 Å². The third kappa shape index (κ3) is 5.84. The van der Waals surface area contributed by atoms with Gasteiger partial charge in [-0.2, -0.15) is 0 Å². The molecule has 0 aliphatic carbocycles. The molecule has 1 aliphatic rings. The smallest absolute Gasteiger partial charge is 0.227 e. The summed E-state index contributed by atoms with van der Waals surface area (Å²) in [6.45, 7) is 2.07. The van der Waals surface area contributed by atoms with Gasteiger partial charge in [-0.05, 0) is 35.7 Å². The van der Waals surface area contributed by atoms with E-state index in [4.69, 9.17) is 11.6 Å². The monoisotopic (exact) mass is 498 g/mol. The molecule has 1 fully saturated rings. The summed E-state index contributed by atoms with van der Waals surface area (Å²) in [4.78, 5) is 17.9. The van der Waals surface area contributed by atoms with Gasteiger partial charge in [-0.25, -0.2) is 0 Å². The van der Waals surface area contributed by atoms with E-state index in [2.05, 4.69) is 15.6 Å². The first-order valence-corrected chi connectivity index (χ1v) is 9.12. The maximum Gasteiger partial charge on any atom is 0.227 e. The van der Waals surface area contributed by atoms with Crippen molar-refractivity contribution in [3.8, 4) is 0 Å². The summed E-state index contributed by atoms with van der Waals surface area (Å²) in [7, 11) is 1.74. The maximum atomic E-state index is 11.8. The molecule has 0 atom stereocenters. The van der Waals surface area contributed by atoms with Gasteiger partial charge in [-0.3, -0.25) is 9.79 Å². The topological polar surface area (TPSA) is 56.7 Å². The molecule has 0 aromatic heterocycles. The third-order valence-electron chi connectivity index (χ3n) is 4.41. The number of guanidine groups is 1. The number of halogens is 2. The lowest BCUT2D eigenvalue weighted by Crippen LogP contribution is -2.36. The van der Waals surface area contributed by atoms with Crippen LogP contribution in [0.3, 0.4) is 0 Å². The number of aliphatic imine (C=N–C) groups is 1. The minimum atomic E-state index is 0. The summed E-state index contributed by atoms with van der Waals surface area (Å²) in [5.41, 5.74) is 3.12. The molecule has 7 heteroatoms. The maximum absolute atomic E-state index is 11.8. The highest BCUT2D eigenvalue weighted by Crippen LogP contribution is 2.21. The Labute approximate surface area is 182 Å². The number of carbonyl (C=O) groups excluding carboxylic acids is 1. The van der Waals surface area contributed by atoms with Crippen molar-refractivity contribution in [2.45, 2.75) is 25.9 Å².